The topological polar surface area (TPSA) is 69.6 Å². The number of anilines is 1. The van der Waals surface area contributed by atoms with E-state index in [1.165, 1.54) is 4.31 Å². The first kappa shape index (κ1) is 14.8. The van der Waals surface area contributed by atoms with Crippen molar-refractivity contribution in [1.82, 2.24) is 4.31 Å². The molecule has 0 spiro atoms. The maximum atomic E-state index is 12.3. The molecule has 1 aromatic carbocycles. The van der Waals surface area contributed by atoms with Gasteiger partial charge in [0.1, 0.15) is 0 Å². The highest BCUT2D eigenvalue weighted by Crippen LogP contribution is 2.25. The zero-order chi connectivity index (χ0) is 13.9. The first-order valence-electron chi connectivity index (χ1n) is 6.16. The number of nitrogens with zero attached hydrogens (tertiary/aromatic N) is 1. The monoisotopic (exact) mass is 348 g/mol. The molecule has 1 atom stereocenters. The van der Waals surface area contributed by atoms with Crippen LogP contribution in [0.15, 0.2) is 28.7 Å². The second kappa shape index (κ2) is 6.21. The van der Waals surface area contributed by atoms with E-state index < -0.39 is 10.2 Å². The van der Waals surface area contributed by atoms with Crippen molar-refractivity contribution in [2.75, 3.05) is 24.4 Å². The molecule has 1 unspecified atom stereocenters. The predicted octanol–water partition coefficient (Wildman–Crippen LogP) is 1.81. The van der Waals surface area contributed by atoms with E-state index >= 15 is 0 Å². The first-order valence-corrected chi connectivity index (χ1v) is 8.39. The van der Waals surface area contributed by atoms with Crippen LogP contribution in [0.25, 0.3) is 0 Å². The van der Waals surface area contributed by atoms with Crippen LogP contribution in [0.4, 0.5) is 5.69 Å². The Morgan fingerprint density at radius 3 is 2.84 bits per heavy atom. The summed E-state index contributed by atoms with van der Waals surface area (Å²) in [4.78, 5) is 0. The number of piperidine rings is 1. The number of rotatable bonds is 4. The van der Waals surface area contributed by atoms with Crippen LogP contribution in [-0.4, -0.2) is 37.5 Å². The smallest absolute Gasteiger partial charge is 0.301 e. The second-order valence-electron chi connectivity index (χ2n) is 4.64. The average molecular weight is 349 g/mol. The first-order chi connectivity index (χ1) is 9.03. The molecule has 0 amide bonds. The fraction of sp³-hybridized carbons (Fsp3) is 0.500. The van der Waals surface area contributed by atoms with Gasteiger partial charge in [-0.1, -0.05) is 12.1 Å². The Balaban J connectivity index is 2.12. The molecule has 0 saturated carbocycles. The molecule has 106 valence electrons. The van der Waals surface area contributed by atoms with Crippen LogP contribution in [0.2, 0.25) is 0 Å². The highest BCUT2D eigenvalue weighted by Gasteiger charge is 2.28. The number of benzene rings is 1. The van der Waals surface area contributed by atoms with Crippen LogP contribution >= 0.6 is 15.9 Å². The average Bonchev–Trinajstić information content (AvgIpc) is 2.41. The van der Waals surface area contributed by atoms with Gasteiger partial charge in [-0.05, 0) is 46.8 Å². The number of hydrogen-bond donors (Lipinski definition) is 2. The maximum Gasteiger partial charge on any atom is 0.301 e. The number of aliphatic hydroxyl groups excluding tert-OH is 1. The summed E-state index contributed by atoms with van der Waals surface area (Å²) in [6.07, 6.45) is 1.65. The van der Waals surface area contributed by atoms with Crippen LogP contribution in [0.1, 0.15) is 12.8 Å². The molecule has 1 aliphatic rings. The highest BCUT2D eigenvalue weighted by atomic mass is 79.9. The number of aliphatic hydroxyl groups is 1. The van der Waals surface area contributed by atoms with E-state index in [1.54, 1.807) is 18.2 Å². The van der Waals surface area contributed by atoms with Crippen molar-refractivity contribution in [3.63, 3.8) is 0 Å². The van der Waals surface area contributed by atoms with Gasteiger partial charge in [-0.2, -0.15) is 12.7 Å². The molecule has 1 aromatic rings. The number of halogens is 1. The minimum absolute atomic E-state index is 0.0288. The van der Waals surface area contributed by atoms with Crippen molar-refractivity contribution >= 4 is 31.8 Å². The second-order valence-corrected chi connectivity index (χ2v) is 7.16. The van der Waals surface area contributed by atoms with E-state index in [0.29, 0.717) is 23.2 Å². The van der Waals surface area contributed by atoms with Crippen molar-refractivity contribution in [1.29, 1.82) is 0 Å². The van der Waals surface area contributed by atoms with E-state index in [-0.39, 0.29) is 12.5 Å². The summed E-state index contributed by atoms with van der Waals surface area (Å²) in [6.45, 7) is 0.896. The molecular weight excluding hydrogens is 332 g/mol. The van der Waals surface area contributed by atoms with Crippen molar-refractivity contribution in [2.24, 2.45) is 5.92 Å². The summed E-state index contributed by atoms with van der Waals surface area (Å²) >= 11 is 3.31. The van der Waals surface area contributed by atoms with Crippen molar-refractivity contribution < 1.29 is 13.5 Å². The third kappa shape index (κ3) is 3.68. The lowest BCUT2D eigenvalue weighted by atomic mass is 10.0. The fourth-order valence-electron chi connectivity index (χ4n) is 2.14. The van der Waals surface area contributed by atoms with Gasteiger partial charge in [-0.15, -0.1) is 0 Å². The Bertz CT molecular complexity index is 536. The number of para-hydroxylation sites is 1. The molecule has 2 N–H and O–H groups in total. The minimum atomic E-state index is -3.56. The highest BCUT2D eigenvalue weighted by molar-refractivity contribution is 9.10. The van der Waals surface area contributed by atoms with Gasteiger partial charge in [0.05, 0.1) is 5.69 Å². The van der Waals surface area contributed by atoms with E-state index in [1.807, 2.05) is 6.07 Å². The zero-order valence-electron chi connectivity index (χ0n) is 10.4. The van der Waals surface area contributed by atoms with E-state index in [9.17, 15) is 8.42 Å². The maximum absolute atomic E-state index is 12.3. The summed E-state index contributed by atoms with van der Waals surface area (Å²) in [5.74, 6) is 0.0320. The molecule has 1 fully saturated rings. The van der Waals surface area contributed by atoms with Crippen LogP contribution in [0, 0.1) is 5.92 Å². The summed E-state index contributed by atoms with van der Waals surface area (Å²) in [7, 11) is -3.56. The lowest BCUT2D eigenvalue weighted by Crippen LogP contribution is -2.43. The summed E-state index contributed by atoms with van der Waals surface area (Å²) in [5.41, 5.74) is 0.522. The van der Waals surface area contributed by atoms with Crippen LogP contribution in [0.5, 0.6) is 0 Å². The van der Waals surface area contributed by atoms with E-state index in [2.05, 4.69) is 20.7 Å². The Labute approximate surface area is 121 Å². The van der Waals surface area contributed by atoms with Crippen LogP contribution < -0.4 is 4.72 Å². The molecule has 1 heterocycles. The van der Waals surface area contributed by atoms with E-state index in [0.717, 1.165) is 12.8 Å². The summed E-state index contributed by atoms with van der Waals surface area (Å²) in [5, 5.41) is 9.16. The van der Waals surface area contributed by atoms with Crippen molar-refractivity contribution in [3.05, 3.63) is 28.7 Å². The predicted molar refractivity (Wildman–Crippen MR) is 78.1 cm³/mol. The lowest BCUT2D eigenvalue weighted by molar-refractivity contribution is 0.166. The molecule has 1 saturated heterocycles. The Morgan fingerprint density at radius 2 is 2.16 bits per heavy atom. The van der Waals surface area contributed by atoms with Crippen LogP contribution in [0.3, 0.4) is 0 Å². The largest absolute Gasteiger partial charge is 0.396 e. The van der Waals surface area contributed by atoms with Gasteiger partial charge in [0.15, 0.2) is 0 Å². The molecule has 5 nitrogen and oxygen atoms in total. The molecule has 2 rings (SSSR count). The number of nitrogens with one attached hydrogen (secondary N) is 1. The van der Waals surface area contributed by atoms with Crippen molar-refractivity contribution in [2.45, 2.75) is 12.8 Å². The van der Waals surface area contributed by atoms with Gasteiger partial charge < -0.3 is 5.11 Å². The summed E-state index contributed by atoms with van der Waals surface area (Å²) < 4.78 is 29.2. The number of hydrogen-bond acceptors (Lipinski definition) is 3. The quantitative estimate of drug-likeness (QED) is 0.871. The van der Waals surface area contributed by atoms with Gasteiger partial charge in [0.25, 0.3) is 0 Å². The third-order valence-electron chi connectivity index (χ3n) is 3.19. The molecule has 0 aliphatic carbocycles. The Morgan fingerprint density at radius 1 is 1.42 bits per heavy atom. The normalized spacial score (nSPS) is 21.3. The Hall–Kier alpha value is -0.630. The van der Waals surface area contributed by atoms with Gasteiger partial charge in [0, 0.05) is 24.2 Å². The van der Waals surface area contributed by atoms with Crippen molar-refractivity contribution in [3.8, 4) is 0 Å². The fourth-order valence-corrected chi connectivity index (χ4v) is 4.02. The van der Waals surface area contributed by atoms with Crippen LogP contribution in [-0.2, 0) is 10.2 Å². The van der Waals surface area contributed by atoms with Gasteiger partial charge >= 0.3 is 10.2 Å². The standard InChI is InChI=1S/C12H17BrN2O3S/c13-11-5-1-2-6-12(11)14-19(17,18)15-7-3-4-10(8-15)9-16/h1-2,5-6,10,14,16H,3-4,7-9H2. The summed E-state index contributed by atoms with van der Waals surface area (Å²) in [6, 6.07) is 7.08. The molecule has 0 aromatic heterocycles. The molecular formula is C12H17BrN2O3S. The lowest BCUT2D eigenvalue weighted by Gasteiger charge is -2.31. The van der Waals surface area contributed by atoms with Gasteiger partial charge in [-0.25, -0.2) is 0 Å². The molecule has 1 aliphatic heterocycles. The molecule has 0 bridgehead atoms. The minimum Gasteiger partial charge on any atom is -0.396 e. The molecule has 19 heavy (non-hydrogen) atoms. The zero-order valence-corrected chi connectivity index (χ0v) is 12.8. The third-order valence-corrected chi connectivity index (χ3v) is 5.37. The Kier molecular flexibility index (Phi) is 4.83. The molecule has 0 radical (unpaired) electrons. The van der Waals surface area contributed by atoms with Gasteiger partial charge in [0.2, 0.25) is 0 Å². The SMILES string of the molecule is O=S(=O)(Nc1ccccc1Br)N1CCCC(CO)C1. The molecule has 7 heteroatoms. The van der Waals surface area contributed by atoms with Gasteiger partial charge in [-0.3, -0.25) is 4.72 Å². The van der Waals surface area contributed by atoms with E-state index in [4.69, 9.17) is 5.11 Å².